The zero-order valence-corrected chi connectivity index (χ0v) is 86.7. The number of carboxylic acid groups (broad SMARTS) is 4. The summed E-state index contributed by atoms with van der Waals surface area (Å²) in [7, 11) is 0. The molecule has 149 heavy (non-hydrogen) atoms. The van der Waals surface area contributed by atoms with Crippen molar-refractivity contribution in [2.24, 2.45) is 20.0 Å². The number of ketones is 4. The van der Waals surface area contributed by atoms with E-state index >= 15 is 0 Å². The second-order valence-corrected chi connectivity index (χ2v) is 40.6. The van der Waals surface area contributed by atoms with Crippen molar-refractivity contribution >= 4 is 168 Å². The number of anilines is 4. The number of carbonyl (C=O) groups excluding carboxylic acids is 8. The molecule has 8 aromatic rings. The van der Waals surface area contributed by atoms with Gasteiger partial charge in [-0.2, -0.15) is 0 Å². The first-order valence-corrected chi connectivity index (χ1v) is 49.0. The zero-order chi connectivity index (χ0) is 110. The molecule has 0 saturated carbocycles. The molecular weight excluding hydrogens is 2070 g/mol. The highest BCUT2D eigenvalue weighted by molar-refractivity contribution is 9.10. The molecule has 4 aliphatic heterocycles. The molecule has 12 rings (SSSR count). The monoisotopic (exact) mass is 2190 g/mol. The molecule has 798 valence electrons. The minimum absolute atomic E-state index is 0.0132. The van der Waals surface area contributed by atoms with E-state index in [0.717, 1.165) is 15.6 Å². The maximum Gasteiger partial charge on any atom is 0.303 e. The standard InChI is InChI=1S/C26H32BrN5O5.C26H30ClFN4O6.C25H29ClFN5O5.C25H30ClN5O6/c1-26(2,3)18-4-15(5-19(27)9-18)16(8-23(35)36)7-21(33)12-29-24(37)17-6-20(11-28-10-17)32-25-30-13-22(34)14-31-25;1-26(2,38)17-3-14(4-18(27)9-17)15(8-23(35)36)6-22(34)13-29-24(37)16-5-20(10-21(33)7-16)32-25-30-11-19(28)12-31-25;1-25(2,37)17-3-14(4-18(26)8-17)15(7-22(34)35)6-21(33)13-29-23(36)16-5-20(12-28-9-16)32-24-30-10-19(27)11-31-24;1-25(2,37)17-3-14(4-18(26)8-17)15(7-22(34)35)6-20(32)11-28-23(36)16-5-19(10-27-9-16)31-24-29-12-21(33)13-30-24/h4-6,9-11,16,22,34H,7-8,12-14H2,1-3H3,(H,29,37)(H,35,36)(H2,30,31,32);3-5,7,9-10,15,19,33,38H,6,8,11-13H2,1-2H3,(H,29,37)(H,35,36)(H2,30,31,32);3-5,8-9,12,15,19,37H,6-7,10-11,13H2,1-2H3,(H,29,36)(H,34,35)(H2,30,31,32);3-5,8-10,15,21,33,37H,6-7,11-13H2,1-2H3,(H,28,36)(H,34,35)(H2,29,30,31)/t16-;3*15-/m0000/s1. The van der Waals surface area contributed by atoms with Gasteiger partial charge in [-0.1, -0.05) is 95.8 Å². The Hall–Kier alpha value is -14.1. The molecule has 41 nitrogen and oxygen atoms in total. The van der Waals surface area contributed by atoms with Crippen molar-refractivity contribution in [3.8, 4) is 5.75 Å². The number of carbonyl (C=O) groups is 12. The van der Waals surface area contributed by atoms with Crippen LogP contribution in [0, 0.1) is 0 Å². The fourth-order valence-electron chi connectivity index (χ4n) is 15.2. The van der Waals surface area contributed by atoms with Crippen molar-refractivity contribution in [3.63, 3.8) is 0 Å². The first kappa shape index (κ1) is 118. The van der Waals surface area contributed by atoms with Gasteiger partial charge >= 0.3 is 23.9 Å². The molecule has 3 aromatic heterocycles. The number of hydrogen-bond acceptors (Lipinski definition) is 33. The molecule has 0 radical (unpaired) electrons. The number of aliphatic carboxylic acids is 4. The first-order chi connectivity index (χ1) is 70.0. The lowest BCUT2D eigenvalue weighted by Gasteiger charge is -2.23. The van der Waals surface area contributed by atoms with E-state index in [0.29, 0.717) is 108 Å². The highest BCUT2D eigenvalue weighted by Gasteiger charge is 2.32. The number of phenols is 1. The SMILES string of the molecule is CC(C)(C)c1cc(Br)cc([C@H](CC(=O)O)CC(=O)CNC(=O)c2cncc(NC3=NCC(O)CN3)c2)c1.CC(C)(O)c1cc(Cl)cc([C@H](CC(=O)O)CC(=O)CNC(=O)c2cc(O)cc(NC3=NCC(F)CN3)c2)c1.CC(C)(O)c1cc(Cl)cc([C@H](CC(=O)O)CC(=O)CNC(=O)c2cncc(NC3=NCC(F)CN3)c2)c1.CC(C)(O)c1cc(Cl)cc([C@H](CC(=O)O)CC(=O)CNC(=O)c2cncc(NC3=NCC(O)CN3)c2)c1. The number of Topliss-reactive ketones (excluding diaryl/α,β-unsaturated/α-hetero) is 4. The smallest absolute Gasteiger partial charge is 0.303 e. The fraction of sp³-hybridized carbons (Fsp3) is 0.402. The molecule has 4 amide bonds. The maximum absolute atomic E-state index is 13.2. The van der Waals surface area contributed by atoms with Crippen molar-refractivity contribution in [2.45, 2.75) is 184 Å². The Morgan fingerprint density at radius 1 is 0.356 bits per heavy atom. The fourth-order valence-corrected chi connectivity index (χ4v) is 16.4. The second-order valence-electron chi connectivity index (χ2n) is 38.3. The number of aromatic nitrogens is 3. The number of aliphatic hydroxyl groups excluding tert-OH is 2. The third-order valence-electron chi connectivity index (χ3n) is 23.0. The summed E-state index contributed by atoms with van der Waals surface area (Å²) in [5.41, 5.74) is 3.47. The topological polar surface area (TPSA) is 640 Å². The summed E-state index contributed by atoms with van der Waals surface area (Å²) in [6, 6.07) is 28.7. The van der Waals surface area contributed by atoms with Crippen LogP contribution in [0.4, 0.5) is 31.5 Å². The summed E-state index contributed by atoms with van der Waals surface area (Å²) in [6.45, 7) is 15.8. The Balaban J connectivity index is 0.000000221. The predicted molar refractivity (Wildman–Crippen MR) is 559 cm³/mol. The summed E-state index contributed by atoms with van der Waals surface area (Å²) in [5, 5.41) is 132. The van der Waals surface area contributed by atoms with Gasteiger partial charge < -0.3 is 115 Å². The Morgan fingerprint density at radius 3 is 0.906 bits per heavy atom. The Bertz CT molecular complexity index is 5890. The summed E-state index contributed by atoms with van der Waals surface area (Å²) in [5.74, 6) is -9.26. The van der Waals surface area contributed by atoms with Gasteiger partial charge in [0.25, 0.3) is 23.6 Å². The van der Waals surface area contributed by atoms with Crippen LogP contribution in [0.2, 0.25) is 15.1 Å². The number of phenolic OH excluding ortho intramolecular Hbond substituents is 1. The average molecular weight is 2190 g/mol. The highest BCUT2D eigenvalue weighted by Crippen LogP contribution is 2.38. The van der Waals surface area contributed by atoms with E-state index < -0.39 is 118 Å². The lowest BCUT2D eigenvalue weighted by atomic mass is 9.83. The van der Waals surface area contributed by atoms with Gasteiger partial charge in [0.05, 0.1) is 172 Å². The van der Waals surface area contributed by atoms with E-state index in [1.807, 2.05) is 18.2 Å². The number of aliphatic hydroxyl groups is 5. The third kappa shape index (κ3) is 40.5. The molecule has 4 unspecified atom stereocenters. The van der Waals surface area contributed by atoms with Crippen molar-refractivity contribution < 1.29 is 117 Å². The highest BCUT2D eigenvalue weighted by atomic mass is 79.9. The molecule has 4 aliphatic rings. The Kier molecular flexibility index (Phi) is 43.5. The van der Waals surface area contributed by atoms with Gasteiger partial charge in [-0.05, 0) is 170 Å². The Morgan fingerprint density at radius 2 is 0.631 bits per heavy atom. The number of carboxylic acids is 4. The van der Waals surface area contributed by atoms with Crippen molar-refractivity contribution in [3.05, 3.63) is 233 Å². The molecule has 8 atom stereocenters. The number of rotatable bonds is 39. The third-order valence-corrected chi connectivity index (χ3v) is 24.1. The van der Waals surface area contributed by atoms with Crippen LogP contribution in [0.25, 0.3) is 0 Å². The van der Waals surface area contributed by atoms with E-state index in [-0.39, 0.29) is 168 Å². The number of β-amino-alcohol motifs (C(OH)–C–C–N with tert-alkyl or cyclic N) is 2. The van der Waals surface area contributed by atoms with Gasteiger partial charge in [-0.3, -0.25) is 82.5 Å². The zero-order valence-electron chi connectivity index (χ0n) is 82.9. The predicted octanol–water partition coefficient (Wildman–Crippen LogP) is 10.0. The molecule has 0 bridgehead atoms. The van der Waals surface area contributed by atoms with Gasteiger partial charge in [0.15, 0.2) is 47.0 Å². The summed E-state index contributed by atoms with van der Waals surface area (Å²) < 4.78 is 27.3. The number of aromatic hydroxyl groups is 1. The molecule has 0 saturated heterocycles. The molecule has 0 aliphatic carbocycles. The number of pyridine rings is 3. The van der Waals surface area contributed by atoms with E-state index in [1.54, 1.807) is 108 Å². The number of halogens is 6. The number of nitrogens with one attached hydrogen (secondary N) is 12. The molecular formula is C102H121BrCl3F2N19O22. The quantitative estimate of drug-likeness (QED) is 0.0170. The van der Waals surface area contributed by atoms with Gasteiger partial charge in [-0.25, -0.2) is 18.8 Å². The van der Waals surface area contributed by atoms with Crippen LogP contribution < -0.4 is 63.8 Å². The van der Waals surface area contributed by atoms with E-state index in [2.05, 4.69) is 135 Å². The van der Waals surface area contributed by atoms with Crippen LogP contribution >= 0.6 is 50.7 Å². The number of guanidine groups is 4. The number of amides is 4. The summed E-state index contributed by atoms with van der Waals surface area (Å²) in [6.07, 6.45) is 3.58. The van der Waals surface area contributed by atoms with E-state index in [9.17, 15) is 117 Å². The minimum atomic E-state index is -1.23. The van der Waals surface area contributed by atoms with Crippen LogP contribution in [0.5, 0.6) is 5.75 Å². The van der Waals surface area contributed by atoms with Crippen LogP contribution in [0.3, 0.4) is 0 Å². The second kappa shape index (κ2) is 54.7. The first-order valence-electron chi connectivity index (χ1n) is 47.0. The number of alkyl halides is 2. The minimum Gasteiger partial charge on any atom is -0.508 e. The average Bonchev–Trinajstić information content (AvgIpc) is 0.820. The number of benzene rings is 5. The normalized spacial score (nSPS) is 16.2. The summed E-state index contributed by atoms with van der Waals surface area (Å²) >= 11 is 22.1. The maximum atomic E-state index is 13.2. The van der Waals surface area contributed by atoms with Crippen molar-refractivity contribution in [1.82, 2.24) is 57.5 Å². The van der Waals surface area contributed by atoms with Gasteiger partial charge in [0.1, 0.15) is 18.1 Å². The molecule has 0 fully saturated rings. The van der Waals surface area contributed by atoms with Gasteiger partial charge in [0.2, 0.25) is 0 Å². The van der Waals surface area contributed by atoms with Crippen LogP contribution in [0.1, 0.15) is 223 Å². The van der Waals surface area contributed by atoms with Crippen LogP contribution in [-0.4, -0.2) is 264 Å². The van der Waals surface area contributed by atoms with Crippen LogP contribution in [-0.2, 0) is 60.6 Å². The number of aliphatic imine (C=N–C) groups is 4. The molecule has 22 N–H and O–H groups in total. The number of nitrogens with zero attached hydrogens (tertiary/aromatic N) is 7. The molecule has 0 spiro atoms. The van der Waals surface area contributed by atoms with Crippen molar-refractivity contribution in [1.29, 1.82) is 0 Å². The van der Waals surface area contributed by atoms with Crippen molar-refractivity contribution in [2.75, 3.05) is 99.8 Å². The Labute approximate surface area is 879 Å². The van der Waals surface area contributed by atoms with E-state index in [1.165, 1.54) is 61.4 Å². The summed E-state index contributed by atoms with van der Waals surface area (Å²) in [4.78, 5) is 176. The van der Waals surface area contributed by atoms with E-state index in [4.69, 9.17) is 34.8 Å². The molecule has 47 heteroatoms. The molecule has 5 aromatic carbocycles. The lowest BCUT2D eigenvalue weighted by molar-refractivity contribution is -0.138. The van der Waals surface area contributed by atoms with Gasteiger partial charge in [0, 0.05) is 118 Å². The van der Waals surface area contributed by atoms with Crippen LogP contribution in [0.15, 0.2) is 171 Å². The molecule has 7 heterocycles. The number of hydrogen-bond donors (Lipinski definition) is 22. The largest absolute Gasteiger partial charge is 0.508 e. The lowest BCUT2D eigenvalue weighted by Crippen LogP contribution is -2.42. The van der Waals surface area contributed by atoms with Gasteiger partial charge in [-0.15, -0.1) is 0 Å².